The number of aromatic nitrogens is 2. The maximum absolute atomic E-state index is 11.4. The van der Waals surface area contributed by atoms with Gasteiger partial charge in [-0.25, -0.2) is 8.42 Å². The molecule has 0 bridgehead atoms. The molecule has 1 aromatic heterocycles. The Kier molecular flexibility index (Phi) is 2.87. The first-order valence-electron chi connectivity index (χ1n) is 5.99. The van der Waals surface area contributed by atoms with E-state index in [1.807, 2.05) is 0 Å². The Morgan fingerprint density at radius 1 is 1.44 bits per heavy atom. The van der Waals surface area contributed by atoms with Gasteiger partial charge in [0.2, 0.25) is 5.89 Å². The molecule has 0 saturated carbocycles. The molecule has 2 aliphatic heterocycles. The van der Waals surface area contributed by atoms with Gasteiger partial charge in [-0.05, 0) is 12.8 Å². The van der Waals surface area contributed by atoms with Crippen molar-refractivity contribution in [2.75, 3.05) is 18.1 Å². The van der Waals surface area contributed by atoms with Crippen LogP contribution in [0.25, 0.3) is 0 Å². The molecule has 0 radical (unpaired) electrons. The number of hydrogen-bond donors (Lipinski definition) is 2. The van der Waals surface area contributed by atoms with Gasteiger partial charge in [0, 0.05) is 12.5 Å². The molecule has 100 valence electrons. The zero-order chi connectivity index (χ0) is 12.8. The van der Waals surface area contributed by atoms with Crippen molar-refractivity contribution in [3.63, 3.8) is 0 Å². The van der Waals surface area contributed by atoms with Gasteiger partial charge in [0.15, 0.2) is 15.7 Å². The third-order valence-electron chi connectivity index (χ3n) is 3.46. The molecule has 3 atom stereocenters. The number of aliphatic hydroxyl groups is 1. The maximum Gasteiger partial charge on any atom is 0.243 e. The van der Waals surface area contributed by atoms with Crippen molar-refractivity contribution in [2.45, 2.75) is 30.9 Å². The summed E-state index contributed by atoms with van der Waals surface area (Å²) < 4.78 is 27.9. The number of hydrogen-bond acceptors (Lipinski definition) is 7. The van der Waals surface area contributed by atoms with E-state index in [1.165, 1.54) is 0 Å². The standard InChI is InChI=1S/C10H15N3O4S/c14-7-3-8(11-4-7)10-12-9(13-17-10)6-1-2-18(15,16)5-6/h6-8,11,14H,1-5H2/t6?,7-,8+/m0/s1. The lowest BCUT2D eigenvalue weighted by Gasteiger charge is -2.02. The number of β-amino-alcohol motifs (C(OH)–C–C–N with tert-alkyl or cyclic N) is 1. The molecule has 0 aliphatic carbocycles. The third-order valence-corrected chi connectivity index (χ3v) is 5.23. The van der Waals surface area contributed by atoms with E-state index in [2.05, 4.69) is 15.5 Å². The van der Waals surface area contributed by atoms with Gasteiger partial charge in [0.1, 0.15) is 0 Å². The number of nitrogens with zero attached hydrogens (tertiary/aromatic N) is 2. The highest BCUT2D eigenvalue weighted by Crippen LogP contribution is 2.29. The molecule has 18 heavy (non-hydrogen) atoms. The van der Waals surface area contributed by atoms with Crippen LogP contribution in [0.3, 0.4) is 0 Å². The molecular formula is C10H15N3O4S. The number of aliphatic hydroxyl groups excluding tert-OH is 1. The van der Waals surface area contributed by atoms with E-state index in [0.717, 1.165) is 0 Å². The Morgan fingerprint density at radius 3 is 2.89 bits per heavy atom. The van der Waals surface area contributed by atoms with Crippen LogP contribution in [0.1, 0.15) is 36.5 Å². The summed E-state index contributed by atoms with van der Waals surface area (Å²) in [4.78, 5) is 4.26. The van der Waals surface area contributed by atoms with Crippen LogP contribution in [-0.2, 0) is 9.84 Å². The Balaban J connectivity index is 1.74. The average molecular weight is 273 g/mol. The molecule has 1 unspecified atom stereocenters. The van der Waals surface area contributed by atoms with Crippen LogP contribution in [-0.4, -0.2) is 47.8 Å². The molecule has 1 aromatic rings. The molecule has 8 heteroatoms. The molecule has 3 heterocycles. The van der Waals surface area contributed by atoms with Crippen molar-refractivity contribution in [2.24, 2.45) is 0 Å². The summed E-state index contributed by atoms with van der Waals surface area (Å²) in [5.41, 5.74) is 0. The van der Waals surface area contributed by atoms with Gasteiger partial charge in [-0.1, -0.05) is 5.16 Å². The Bertz CT molecular complexity index is 541. The molecule has 0 amide bonds. The number of nitrogens with one attached hydrogen (secondary N) is 1. The molecule has 3 rings (SSSR count). The molecule has 2 fully saturated rings. The first-order valence-corrected chi connectivity index (χ1v) is 7.81. The topological polar surface area (TPSA) is 105 Å². The van der Waals surface area contributed by atoms with E-state index < -0.39 is 15.9 Å². The Hall–Kier alpha value is -0.990. The van der Waals surface area contributed by atoms with E-state index in [-0.39, 0.29) is 23.5 Å². The minimum Gasteiger partial charge on any atom is -0.392 e. The predicted molar refractivity (Wildman–Crippen MR) is 61.7 cm³/mol. The van der Waals surface area contributed by atoms with Crippen LogP contribution in [0.5, 0.6) is 0 Å². The third kappa shape index (κ3) is 2.27. The van der Waals surface area contributed by atoms with Crippen molar-refractivity contribution >= 4 is 9.84 Å². The van der Waals surface area contributed by atoms with Crippen LogP contribution in [0.2, 0.25) is 0 Å². The van der Waals surface area contributed by atoms with Gasteiger partial charge in [-0.3, -0.25) is 0 Å². The fourth-order valence-electron chi connectivity index (χ4n) is 2.46. The van der Waals surface area contributed by atoms with Crippen molar-refractivity contribution in [1.82, 2.24) is 15.5 Å². The Morgan fingerprint density at radius 2 is 2.28 bits per heavy atom. The van der Waals surface area contributed by atoms with Gasteiger partial charge in [0.05, 0.1) is 23.7 Å². The summed E-state index contributed by atoms with van der Waals surface area (Å²) in [6.07, 6.45) is 0.712. The quantitative estimate of drug-likeness (QED) is 0.738. The summed E-state index contributed by atoms with van der Waals surface area (Å²) in [6.45, 7) is 0.514. The summed E-state index contributed by atoms with van der Waals surface area (Å²) in [6, 6.07) is -0.126. The van der Waals surface area contributed by atoms with E-state index >= 15 is 0 Å². The zero-order valence-corrected chi connectivity index (χ0v) is 10.6. The normalized spacial score (nSPS) is 35.1. The van der Waals surface area contributed by atoms with Gasteiger partial charge >= 0.3 is 0 Å². The second kappa shape index (κ2) is 4.29. The highest BCUT2D eigenvalue weighted by atomic mass is 32.2. The highest BCUT2D eigenvalue weighted by molar-refractivity contribution is 7.91. The minimum absolute atomic E-state index is 0.104. The molecular weight excluding hydrogens is 258 g/mol. The number of sulfone groups is 1. The van der Waals surface area contributed by atoms with Gasteiger partial charge in [0.25, 0.3) is 0 Å². The minimum atomic E-state index is -2.94. The van der Waals surface area contributed by atoms with E-state index in [4.69, 9.17) is 4.52 Å². The summed E-state index contributed by atoms with van der Waals surface area (Å²) >= 11 is 0. The summed E-state index contributed by atoms with van der Waals surface area (Å²) in [7, 11) is -2.94. The lowest BCUT2D eigenvalue weighted by molar-refractivity contribution is 0.191. The average Bonchev–Trinajstić information content (AvgIpc) is 2.96. The predicted octanol–water partition coefficient (Wildman–Crippen LogP) is -0.633. The summed E-state index contributed by atoms with van der Waals surface area (Å²) in [5, 5.41) is 16.4. The largest absolute Gasteiger partial charge is 0.392 e. The lowest BCUT2D eigenvalue weighted by Crippen LogP contribution is -2.15. The second-order valence-electron chi connectivity index (χ2n) is 4.94. The van der Waals surface area contributed by atoms with E-state index in [1.54, 1.807) is 0 Å². The molecule has 7 nitrogen and oxygen atoms in total. The summed E-state index contributed by atoms with van der Waals surface area (Å²) in [5.74, 6) is 1.05. The first-order chi connectivity index (χ1) is 8.53. The SMILES string of the molecule is O=S1(=O)CCC(c2noc([C@H]3C[C@H](O)CN3)n2)C1. The fraction of sp³-hybridized carbons (Fsp3) is 0.800. The van der Waals surface area contributed by atoms with Crippen LogP contribution in [0, 0.1) is 0 Å². The first kappa shape index (κ1) is 12.1. The van der Waals surface area contributed by atoms with Crippen LogP contribution in [0.15, 0.2) is 4.52 Å². The van der Waals surface area contributed by atoms with Crippen LogP contribution in [0.4, 0.5) is 0 Å². The van der Waals surface area contributed by atoms with Crippen molar-refractivity contribution in [3.8, 4) is 0 Å². The second-order valence-corrected chi connectivity index (χ2v) is 7.17. The maximum atomic E-state index is 11.4. The molecule has 2 saturated heterocycles. The van der Waals surface area contributed by atoms with Crippen molar-refractivity contribution in [1.29, 1.82) is 0 Å². The number of rotatable bonds is 2. The van der Waals surface area contributed by atoms with Gasteiger partial charge in [-0.15, -0.1) is 0 Å². The van der Waals surface area contributed by atoms with E-state index in [9.17, 15) is 13.5 Å². The highest BCUT2D eigenvalue weighted by Gasteiger charge is 2.34. The van der Waals surface area contributed by atoms with Gasteiger partial charge in [-0.2, -0.15) is 4.98 Å². The smallest absolute Gasteiger partial charge is 0.243 e. The molecule has 2 aliphatic rings. The monoisotopic (exact) mass is 273 g/mol. The molecule has 0 aromatic carbocycles. The van der Waals surface area contributed by atoms with Crippen molar-refractivity contribution in [3.05, 3.63) is 11.7 Å². The zero-order valence-electron chi connectivity index (χ0n) is 9.74. The Labute approximate surface area is 104 Å². The fourth-order valence-corrected chi connectivity index (χ4v) is 4.20. The van der Waals surface area contributed by atoms with E-state index in [0.29, 0.717) is 31.1 Å². The molecule has 2 N–H and O–H groups in total. The van der Waals surface area contributed by atoms with Crippen LogP contribution < -0.4 is 5.32 Å². The molecule has 0 spiro atoms. The lowest BCUT2D eigenvalue weighted by atomic mass is 10.1. The van der Waals surface area contributed by atoms with Crippen molar-refractivity contribution < 1.29 is 18.0 Å². The van der Waals surface area contributed by atoms with Gasteiger partial charge < -0.3 is 14.9 Å². The van der Waals surface area contributed by atoms with Crippen LogP contribution >= 0.6 is 0 Å².